The van der Waals surface area contributed by atoms with E-state index < -0.39 is 0 Å². The van der Waals surface area contributed by atoms with E-state index in [1.807, 2.05) is 91.5 Å². The average molecular weight is 1050 g/mol. The number of unbranched alkanes of at least 4 members (excludes halogenated alkanes) is 18. The fourth-order valence-corrected chi connectivity index (χ4v) is 16.9. The lowest BCUT2D eigenvalue weighted by Crippen LogP contribution is -2.01. The first-order valence-electron chi connectivity index (χ1n) is 25.7. The quantitative estimate of drug-likeness (QED) is 0.0317. The Morgan fingerprint density at radius 1 is 0.279 bits per heavy atom. The van der Waals surface area contributed by atoms with Crippen molar-refractivity contribution >= 4 is 91.5 Å². The Hall–Kier alpha value is -2.54. The Morgan fingerprint density at radius 3 is 0.794 bits per heavy atom. The molecule has 0 unspecified atom stereocenters. The third-order valence-corrected chi connectivity index (χ3v) is 22.5. The zero-order valence-electron chi connectivity index (χ0n) is 41.0. The van der Waals surface area contributed by atoms with Crippen molar-refractivity contribution in [3.8, 4) is 71.5 Å². The molecule has 362 valence electrons. The van der Waals surface area contributed by atoms with E-state index in [0.29, 0.717) is 0 Å². The van der Waals surface area contributed by atoms with Gasteiger partial charge in [0.05, 0.1) is 50.7 Å². The Bertz CT molecular complexity index is 2500. The summed E-state index contributed by atoms with van der Waals surface area (Å²) in [6.45, 7) is 6.76. The molecule has 0 amide bonds. The summed E-state index contributed by atoms with van der Waals surface area (Å²) in [5.41, 5.74) is 5.46. The predicted molar refractivity (Wildman–Crippen MR) is 315 cm³/mol. The second kappa shape index (κ2) is 27.3. The molecule has 10 heteroatoms. The second-order valence-electron chi connectivity index (χ2n) is 18.2. The molecule has 0 aliphatic carbocycles. The highest BCUT2D eigenvalue weighted by molar-refractivity contribution is 8.00. The van der Waals surface area contributed by atoms with Gasteiger partial charge < -0.3 is 9.13 Å². The zero-order valence-corrected chi connectivity index (χ0v) is 47.5. The number of thiophene rings is 6. The van der Waals surface area contributed by atoms with E-state index in [0.717, 1.165) is 13.1 Å². The van der Waals surface area contributed by atoms with E-state index in [1.54, 1.807) is 0 Å². The van der Waals surface area contributed by atoms with Crippen LogP contribution in [0.3, 0.4) is 0 Å². The topological polar surface area (TPSA) is 9.86 Å². The van der Waals surface area contributed by atoms with Crippen molar-refractivity contribution in [2.45, 2.75) is 164 Å². The van der Waals surface area contributed by atoms with Crippen molar-refractivity contribution in [1.82, 2.24) is 9.13 Å². The Kier molecular flexibility index (Phi) is 20.8. The molecule has 0 aromatic carbocycles. The first-order chi connectivity index (χ1) is 33.6. The number of aromatic nitrogens is 2. The molecule has 0 atom stereocenters. The Balaban J connectivity index is 0.921. The van der Waals surface area contributed by atoms with Crippen LogP contribution < -0.4 is 0 Å². The lowest BCUT2D eigenvalue weighted by atomic mass is 10.1. The molecule has 8 rings (SSSR count). The number of rotatable bonds is 31. The fraction of sp³-hybridized carbons (Fsp3) is 0.448. The van der Waals surface area contributed by atoms with Crippen LogP contribution in [-0.2, 0) is 13.1 Å². The van der Waals surface area contributed by atoms with Gasteiger partial charge in [-0.25, -0.2) is 0 Å². The highest BCUT2D eigenvalue weighted by Crippen LogP contribution is 2.47. The zero-order chi connectivity index (χ0) is 46.9. The van der Waals surface area contributed by atoms with E-state index in [9.17, 15) is 0 Å². The lowest BCUT2D eigenvalue weighted by Gasteiger charge is -2.12. The summed E-state index contributed by atoms with van der Waals surface area (Å²) < 4.78 is 8.01. The maximum atomic E-state index is 2.62. The van der Waals surface area contributed by atoms with Gasteiger partial charge in [0.25, 0.3) is 0 Å². The molecule has 8 heterocycles. The van der Waals surface area contributed by atoms with Crippen LogP contribution in [0.15, 0.2) is 105 Å². The van der Waals surface area contributed by atoms with Gasteiger partial charge in [-0.15, -0.1) is 91.5 Å². The molecular weight excluding hydrogens is 981 g/mol. The van der Waals surface area contributed by atoms with Crippen LogP contribution in [0.1, 0.15) is 142 Å². The molecule has 0 radical (unpaired) electrons. The van der Waals surface area contributed by atoms with Gasteiger partial charge in [0, 0.05) is 42.4 Å². The van der Waals surface area contributed by atoms with Gasteiger partial charge in [-0.1, -0.05) is 129 Å². The predicted octanol–water partition coefficient (Wildman–Crippen LogP) is 22.6. The average Bonchev–Trinajstić information content (AvgIpc) is 4.21. The third kappa shape index (κ3) is 13.9. The number of hydrogen-bond donors (Lipinski definition) is 0. The molecule has 68 heavy (non-hydrogen) atoms. The summed E-state index contributed by atoms with van der Waals surface area (Å²) in [5, 5.41) is 0. The van der Waals surface area contributed by atoms with Crippen molar-refractivity contribution in [1.29, 1.82) is 0 Å². The van der Waals surface area contributed by atoms with Crippen LogP contribution in [0.5, 0.6) is 0 Å². The van der Waals surface area contributed by atoms with Gasteiger partial charge in [-0.3, -0.25) is 0 Å². The fourth-order valence-electron chi connectivity index (χ4n) is 9.35. The second-order valence-corrected chi connectivity index (χ2v) is 26.9. The van der Waals surface area contributed by atoms with E-state index in [4.69, 9.17) is 0 Å². The summed E-state index contributed by atoms with van der Waals surface area (Å²) >= 11 is 15.3. The molecule has 0 saturated heterocycles. The summed E-state index contributed by atoms with van der Waals surface area (Å²) in [7, 11) is 0. The molecule has 8 aromatic rings. The smallest absolute Gasteiger partial charge is 0.0603 e. The summed E-state index contributed by atoms with van der Waals surface area (Å²) in [4.78, 5) is 13.6. The number of thioether (sulfide) groups is 2. The van der Waals surface area contributed by atoms with Gasteiger partial charge in [0.2, 0.25) is 0 Å². The summed E-state index contributed by atoms with van der Waals surface area (Å²) in [5.74, 6) is 0. The Morgan fingerprint density at radius 2 is 0.515 bits per heavy atom. The van der Waals surface area contributed by atoms with Crippen molar-refractivity contribution in [3.63, 3.8) is 0 Å². The monoisotopic (exact) mass is 1050 g/mol. The maximum absolute atomic E-state index is 2.62. The molecule has 8 aromatic heterocycles. The first kappa shape index (κ1) is 51.8. The summed E-state index contributed by atoms with van der Waals surface area (Å²) in [6.07, 6.45) is 31.6. The molecule has 0 N–H and O–H groups in total. The van der Waals surface area contributed by atoms with Crippen LogP contribution in [0, 0.1) is 0 Å². The van der Waals surface area contributed by atoms with Crippen molar-refractivity contribution in [2.24, 2.45) is 0 Å². The largest absolute Gasteiger partial charge is 0.339 e. The van der Waals surface area contributed by atoms with Gasteiger partial charge in [-0.2, -0.15) is 0 Å². The van der Waals surface area contributed by atoms with E-state index in [-0.39, 0.29) is 0 Å². The Labute approximate surface area is 441 Å². The van der Waals surface area contributed by atoms with Crippen LogP contribution in [-0.4, -0.2) is 21.6 Å². The highest BCUT2D eigenvalue weighted by Gasteiger charge is 2.19. The lowest BCUT2D eigenvalue weighted by molar-refractivity contribution is 0.538. The molecule has 0 spiro atoms. The molecular formula is C58H72N2S8. The normalized spacial score (nSPS) is 11.8. The van der Waals surface area contributed by atoms with Crippen molar-refractivity contribution in [2.75, 3.05) is 12.5 Å². The first-order valence-corrected chi connectivity index (χ1v) is 33.0. The van der Waals surface area contributed by atoms with E-state index in [1.165, 1.54) is 208 Å². The van der Waals surface area contributed by atoms with E-state index >= 15 is 0 Å². The van der Waals surface area contributed by atoms with Gasteiger partial charge >= 0.3 is 0 Å². The van der Waals surface area contributed by atoms with Gasteiger partial charge in [0.15, 0.2) is 0 Å². The molecule has 0 saturated carbocycles. The van der Waals surface area contributed by atoms with Crippen LogP contribution in [0.25, 0.3) is 71.5 Å². The van der Waals surface area contributed by atoms with E-state index in [2.05, 4.69) is 133 Å². The number of nitrogens with zero attached hydrogens (tertiary/aromatic N) is 2. The molecule has 0 aliphatic heterocycles. The molecule has 2 nitrogen and oxygen atoms in total. The standard InChI is InChI=1S/C58H72N2S8/c1-5-7-9-11-13-15-17-19-21-23-41-59-43(25-27-45(59)49-37-39-57(61-3)67-49)47-29-31-51(63-47)53-33-35-55(65-53)56-36-34-54(66-56)52-32-30-48(64-52)44-26-28-46(50-38-40-58(62-4)68-50)60(44)42-24-22-20-18-16-14-12-10-8-6-2/h25-40H,5-24,41-42H2,1-4H3. The minimum Gasteiger partial charge on any atom is -0.339 e. The third-order valence-electron chi connectivity index (χ3n) is 13.2. The molecule has 0 bridgehead atoms. The maximum Gasteiger partial charge on any atom is 0.0603 e. The summed E-state index contributed by atoms with van der Waals surface area (Å²) in [6, 6.07) is 37.5. The van der Waals surface area contributed by atoms with Gasteiger partial charge in [-0.05, 0) is 122 Å². The molecule has 0 aliphatic rings. The van der Waals surface area contributed by atoms with Crippen LogP contribution in [0.4, 0.5) is 0 Å². The van der Waals surface area contributed by atoms with Crippen LogP contribution in [0.2, 0.25) is 0 Å². The van der Waals surface area contributed by atoms with Crippen molar-refractivity contribution in [3.05, 3.63) is 97.1 Å². The minimum atomic E-state index is 1.07. The minimum absolute atomic E-state index is 1.07. The SMILES string of the molecule is CCCCCCCCCCCCn1c(-c2ccc(SC)s2)ccc1-c1ccc(-c2ccc(-c3ccc(-c4ccc(-c5ccc(-c6ccc(SC)s6)n5CCCCCCCCCCCC)s4)s3)s2)s1. The highest BCUT2D eigenvalue weighted by atomic mass is 32.2. The van der Waals surface area contributed by atoms with Crippen molar-refractivity contribution < 1.29 is 0 Å². The molecule has 0 fully saturated rings. The van der Waals surface area contributed by atoms with Gasteiger partial charge in [0.1, 0.15) is 0 Å². The van der Waals surface area contributed by atoms with Crippen LogP contribution >= 0.6 is 91.5 Å². The number of hydrogen-bond acceptors (Lipinski definition) is 8.